The molecule has 7 heteroatoms. The summed E-state index contributed by atoms with van der Waals surface area (Å²) in [6.45, 7) is 0.117. The van der Waals surface area contributed by atoms with Gasteiger partial charge in [0.05, 0.1) is 0 Å². The lowest BCUT2D eigenvalue weighted by Crippen LogP contribution is -2.23. The molecule has 0 amide bonds. The third kappa shape index (κ3) is 4.87. The molecule has 86 valence electrons. The Balaban J connectivity index is 0.00000196. The van der Waals surface area contributed by atoms with Crippen LogP contribution in [0.3, 0.4) is 0 Å². The first kappa shape index (κ1) is 14.0. The third-order valence-electron chi connectivity index (χ3n) is 1.49. The molecule has 15 heavy (non-hydrogen) atoms. The third-order valence-corrected chi connectivity index (χ3v) is 1.49. The number of para-hydroxylation sites is 1. The Labute approximate surface area is 90.8 Å². The minimum Gasteiger partial charge on any atom is -0.405 e. The zero-order valence-corrected chi connectivity index (χ0v) is 8.36. The maximum Gasteiger partial charge on any atom is 0.573 e. The molecule has 1 rings (SSSR count). The first-order valence-electron chi connectivity index (χ1n) is 3.80. The van der Waals surface area contributed by atoms with Crippen LogP contribution in [0, 0.1) is 0 Å². The monoisotopic (exact) mass is 242 g/mol. The predicted octanol–water partition coefficient (Wildman–Crippen LogP) is 1.97. The van der Waals surface area contributed by atoms with Gasteiger partial charge in [0.2, 0.25) is 0 Å². The van der Waals surface area contributed by atoms with Crippen LogP contribution in [0.25, 0.3) is 0 Å². The van der Waals surface area contributed by atoms with Crippen molar-refractivity contribution in [1.82, 2.24) is 5.43 Å². The molecule has 0 atom stereocenters. The van der Waals surface area contributed by atoms with Gasteiger partial charge in [-0.25, -0.2) is 0 Å². The van der Waals surface area contributed by atoms with Gasteiger partial charge < -0.3 is 4.74 Å². The van der Waals surface area contributed by atoms with E-state index in [0.29, 0.717) is 5.56 Å². The van der Waals surface area contributed by atoms with Crippen LogP contribution in [-0.2, 0) is 6.54 Å². The lowest BCUT2D eigenvalue weighted by molar-refractivity contribution is -0.274. The van der Waals surface area contributed by atoms with E-state index in [1.807, 2.05) is 0 Å². The summed E-state index contributed by atoms with van der Waals surface area (Å²) in [4.78, 5) is 0. The summed E-state index contributed by atoms with van der Waals surface area (Å²) in [5, 5.41) is 0. The van der Waals surface area contributed by atoms with Crippen LogP contribution in [0.4, 0.5) is 13.2 Å². The number of ether oxygens (including phenoxy) is 1. The molecule has 1 aromatic carbocycles. The van der Waals surface area contributed by atoms with E-state index in [2.05, 4.69) is 10.2 Å². The molecule has 0 saturated carbocycles. The van der Waals surface area contributed by atoms with Gasteiger partial charge >= 0.3 is 6.36 Å². The van der Waals surface area contributed by atoms with Gasteiger partial charge in [-0.3, -0.25) is 11.3 Å². The molecule has 3 N–H and O–H groups in total. The Hall–Kier alpha value is -0.980. The van der Waals surface area contributed by atoms with Crippen molar-refractivity contribution in [3.05, 3.63) is 29.8 Å². The summed E-state index contributed by atoms with van der Waals surface area (Å²) in [5.74, 6) is 4.77. The number of halogens is 4. The van der Waals surface area contributed by atoms with Crippen LogP contribution in [0.2, 0.25) is 0 Å². The first-order chi connectivity index (χ1) is 6.53. The van der Waals surface area contributed by atoms with Crippen molar-refractivity contribution >= 4 is 12.4 Å². The van der Waals surface area contributed by atoms with Crippen molar-refractivity contribution in [3.8, 4) is 5.75 Å². The second kappa shape index (κ2) is 5.79. The summed E-state index contributed by atoms with van der Waals surface area (Å²) in [6, 6.07) is 5.80. The van der Waals surface area contributed by atoms with Crippen LogP contribution in [0.1, 0.15) is 5.56 Å². The van der Waals surface area contributed by atoms with Gasteiger partial charge in [-0.2, -0.15) is 0 Å². The van der Waals surface area contributed by atoms with Gasteiger partial charge in [-0.1, -0.05) is 18.2 Å². The van der Waals surface area contributed by atoms with Gasteiger partial charge in [0.1, 0.15) is 5.75 Å². The molecule has 0 aliphatic rings. The molecule has 0 aromatic heterocycles. The van der Waals surface area contributed by atoms with Crippen molar-refractivity contribution in [2.45, 2.75) is 12.9 Å². The molecule has 0 spiro atoms. The highest BCUT2D eigenvalue weighted by Gasteiger charge is 2.31. The van der Waals surface area contributed by atoms with Gasteiger partial charge in [0.15, 0.2) is 0 Å². The van der Waals surface area contributed by atoms with E-state index in [1.165, 1.54) is 18.2 Å². The highest BCUT2D eigenvalue weighted by atomic mass is 35.5. The molecule has 0 bridgehead atoms. The van der Waals surface area contributed by atoms with Crippen LogP contribution >= 0.6 is 12.4 Å². The Morgan fingerprint density at radius 3 is 2.40 bits per heavy atom. The Kier molecular flexibility index (Phi) is 5.41. The van der Waals surface area contributed by atoms with Crippen LogP contribution in [0.5, 0.6) is 5.75 Å². The molecule has 0 aliphatic carbocycles. The minimum atomic E-state index is -4.68. The number of rotatable bonds is 3. The molecule has 0 heterocycles. The highest BCUT2D eigenvalue weighted by molar-refractivity contribution is 5.85. The van der Waals surface area contributed by atoms with Crippen molar-refractivity contribution in [2.24, 2.45) is 5.84 Å². The predicted molar refractivity (Wildman–Crippen MR) is 51.4 cm³/mol. The van der Waals surface area contributed by atoms with E-state index in [4.69, 9.17) is 5.84 Å². The molecule has 0 saturated heterocycles. The molecule has 3 nitrogen and oxygen atoms in total. The minimum absolute atomic E-state index is 0. The van der Waals surface area contributed by atoms with Gasteiger partial charge in [0.25, 0.3) is 0 Å². The lowest BCUT2D eigenvalue weighted by Gasteiger charge is -2.12. The number of nitrogens with two attached hydrogens (primary N) is 1. The summed E-state index contributed by atoms with van der Waals surface area (Å²) in [6.07, 6.45) is -4.68. The van der Waals surface area contributed by atoms with Gasteiger partial charge in [-0.15, -0.1) is 25.6 Å². The van der Waals surface area contributed by atoms with Crippen LogP contribution < -0.4 is 16.0 Å². The topological polar surface area (TPSA) is 47.3 Å². The number of hydrogen-bond donors (Lipinski definition) is 2. The molecule has 0 fully saturated rings. The van der Waals surface area contributed by atoms with E-state index in [-0.39, 0.29) is 24.7 Å². The fourth-order valence-electron chi connectivity index (χ4n) is 0.984. The normalized spacial score (nSPS) is 10.7. The zero-order chi connectivity index (χ0) is 10.6. The lowest BCUT2D eigenvalue weighted by atomic mass is 10.2. The van der Waals surface area contributed by atoms with E-state index in [1.54, 1.807) is 6.07 Å². The Morgan fingerprint density at radius 1 is 1.27 bits per heavy atom. The van der Waals surface area contributed by atoms with Gasteiger partial charge in [-0.05, 0) is 6.07 Å². The number of alkyl halides is 3. The van der Waals surface area contributed by atoms with E-state index >= 15 is 0 Å². The average molecular weight is 243 g/mol. The maximum atomic E-state index is 11.9. The van der Waals surface area contributed by atoms with Crippen molar-refractivity contribution in [2.75, 3.05) is 0 Å². The summed E-state index contributed by atoms with van der Waals surface area (Å²) >= 11 is 0. The fourth-order valence-corrected chi connectivity index (χ4v) is 0.984. The second-order valence-electron chi connectivity index (χ2n) is 2.54. The largest absolute Gasteiger partial charge is 0.573 e. The number of benzene rings is 1. The van der Waals surface area contributed by atoms with E-state index in [9.17, 15) is 13.2 Å². The molecule has 0 aliphatic heterocycles. The smallest absolute Gasteiger partial charge is 0.405 e. The van der Waals surface area contributed by atoms with Crippen LogP contribution in [-0.4, -0.2) is 6.36 Å². The Morgan fingerprint density at radius 2 is 1.87 bits per heavy atom. The van der Waals surface area contributed by atoms with Crippen molar-refractivity contribution in [3.63, 3.8) is 0 Å². The quantitative estimate of drug-likeness (QED) is 0.629. The summed E-state index contributed by atoms with van der Waals surface area (Å²) < 4.78 is 39.5. The average Bonchev–Trinajstić information content (AvgIpc) is 2.06. The van der Waals surface area contributed by atoms with Crippen molar-refractivity contribution < 1.29 is 17.9 Å². The standard InChI is InChI=1S/C8H9F3N2O.ClH/c9-8(10,11)14-7-4-2-1-3-6(7)5-13-12;/h1-4,13H,5,12H2;1H. The van der Waals surface area contributed by atoms with E-state index < -0.39 is 6.36 Å². The number of nitrogens with one attached hydrogen (secondary N) is 1. The number of hydrogen-bond acceptors (Lipinski definition) is 3. The van der Waals surface area contributed by atoms with Gasteiger partial charge in [0, 0.05) is 12.1 Å². The molecule has 1 aromatic rings. The summed E-state index contributed by atoms with van der Waals surface area (Å²) in [7, 11) is 0. The highest BCUT2D eigenvalue weighted by Crippen LogP contribution is 2.25. The second-order valence-corrected chi connectivity index (χ2v) is 2.54. The van der Waals surface area contributed by atoms with E-state index in [0.717, 1.165) is 0 Å². The van der Waals surface area contributed by atoms with Crippen molar-refractivity contribution in [1.29, 1.82) is 0 Å². The first-order valence-corrected chi connectivity index (χ1v) is 3.80. The fraction of sp³-hybridized carbons (Fsp3) is 0.250. The maximum absolute atomic E-state index is 11.9. The summed E-state index contributed by atoms with van der Waals surface area (Å²) in [5.41, 5.74) is 2.62. The van der Waals surface area contributed by atoms with Crippen LogP contribution in [0.15, 0.2) is 24.3 Å². The molecule has 0 unspecified atom stereocenters. The molecular formula is C8H10ClF3N2O. The Bertz CT molecular complexity index is 306. The molecular weight excluding hydrogens is 233 g/mol. The zero-order valence-electron chi connectivity index (χ0n) is 7.54. The number of hydrazine groups is 1. The SMILES string of the molecule is Cl.NNCc1ccccc1OC(F)(F)F. The molecule has 0 radical (unpaired) electrons.